The molecule has 0 bridgehead atoms. The van der Waals surface area contributed by atoms with Crippen LogP contribution in [0.15, 0.2) is 60.8 Å². The first-order valence-corrected chi connectivity index (χ1v) is 9.36. The molecule has 0 N–H and O–H groups in total. The van der Waals surface area contributed by atoms with Crippen LogP contribution in [-0.2, 0) is 12.8 Å². The number of imidazole rings is 1. The van der Waals surface area contributed by atoms with Crippen molar-refractivity contribution in [1.82, 2.24) is 9.38 Å². The molecule has 0 unspecified atom stereocenters. The van der Waals surface area contributed by atoms with Crippen LogP contribution in [0.3, 0.4) is 0 Å². The summed E-state index contributed by atoms with van der Waals surface area (Å²) < 4.78 is 2.33. The SMILES string of the molecule is c1ccc(-c2ccccc2-c2cn3c4c(sc3n2)CCCC4)cc1. The van der Waals surface area contributed by atoms with E-state index in [-0.39, 0.29) is 0 Å². The second-order valence-electron chi connectivity index (χ2n) is 6.37. The Morgan fingerprint density at radius 3 is 2.46 bits per heavy atom. The first kappa shape index (κ1) is 14.0. The van der Waals surface area contributed by atoms with E-state index >= 15 is 0 Å². The minimum absolute atomic E-state index is 1.08. The maximum atomic E-state index is 4.96. The molecule has 2 heterocycles. The van der Waals surface area contributed by atoms with Crippen LogP contribution < -0.4 is 0 Å². The van der Waals surface area contributed by atoms with Crippen molar-refractivity contribution in [3.63, 3.8) is 0 Å². The molecule has 0 radical (unpaired) electrons. The van der Waals surface area contributed by atoms with Crippen molar-refractivity contribution in [2.75, 3.05) is 0 Å². The highest BCUT2D eigenvalue weighted by Crippen LogP contribution is 2.35. The minimum Gasteiger partial charge on any atom is -0.294 e. The third-order valence-electron chi connectivity index (χ3n) is 4.86. The highest BCUT2D eigenvalue weighted by molar-refractivity contribution is 7.17. The fourth-order valence-electron chi connectivity index (χ4n) is 3.67. The van der Waals surface area contributed by atoms with Crippen LogP contribution in [0.2, 0.25) is 0 Å². The van der Waals surface area contributed by atoms with Gasteiger partial charge in [0.15, 0.2) is 4.96 Å². The second-order valence-corrected chi connectivity index (χ2v) is 7.43. The zero-order chi connectivity index (χ0) is 15.9. The molecule has 0 spiro atoms. The van der Waals surface area contributed by atoms with Crippen LogP contribution in [0.5, 0.6) is 0 Å². The molecule has 0 saturated heterocycles. The highest BCUT2D eigenvalue weighted by atomic mass is 32.1. The van der Waals surface area contributed by atoms with Gasteiger partial charge in [-0.05, 0) is 36.8 Å². The average Bonchev–Trinajstić information content (AvgIpc) is 3.20. The topological polar surface area (TPSA) is 17.3 Å². The first-order valence-electron chi connectivity index (χ1n) is 8.54. The van der Waals surface area contributed by atoms with Crippen molar-refractivity contribution < 1.29 is 0 Å². The molecule has 0 saturated carbocycles. The molecule has 0 fully saturated rings. The lowest BCUT2D eigenvalue weighted by molar-refractivity contribution is 0.674. The number of benzene rings is 2. The van der Waals surface area contributed by atoms with E-state index < -0.39 is 0 Å². The normalized spacial score (nSPS) is 14.0. The molecule has 1 aliphatic rings. The highest BCUT2D eigenvalue weighted by Gasteiger charge is 2.19. The average molecular weight is 330 g/mol. The van der Waals surface area contributed by atoms with E-state index in [9.17, 15) is 0 Å². The predicted octanol–water partition coefficient (Wildman–Crippen LogP) is 5.61. The van der Waals surface area contributed by atoms with Crippen molar-refractivity contribution in [2.45, 2.75) is 25.7 Å². The summed E-state index contributed by atoms with van der Waals surface area (Å²) in [7, 11) is 0. The molecule has 2 aromatic heterocycles. The number of fused-ring (bicyclic) bond motifs is 3. The number of aromatic nitrogens is 2. The van der Waals surface area contributed by atoms with Gasteiger partial charge in [-0.2, -0.15) is 0 Å². The van der Waals surface area contributed by atoms with Crippen LogP contribution >= 0.6 is 11.3 Å². The fraction of sp³-hybridized carbons (Fsp3) is 0.190. The Bertz CT molecular complexity index is 1010. The molecule has 2 aromatic carbocycles. The van der Waals surface area contributed by atoms with Gasteiger partial charge >= 0.3 is 0 Å². The number of rotatable bonds is 2. The van der Waals surface area contributed by atoms with E-state index in [1.807, 2.05) is 11.3 Å². The Balaban J connectivity index is 1.67. The zero-order valence-electron chi connectivity index (χ0n) is 13.4. The lowest BCUT2D eigenvalue weighted by atomic mass is 9.98. The molecule has 2 nitrogen and oxygen atoms in total. The molecule has 0 aliphatic heterocycles. The van der Waals surface area contributed by atoms with Gasteiger partial charge in [0, 0.05) is 22.3 Å². The smallest absolute Gasteiger partial charge is 0.194 e. The van der Waals surface area contributed by atoms with Gasteiger partial charge in [-0.25, -0.2) is 4.98 Å². The van der Waals surface area contributed by atoms with Crippen molar-refractivity contribution in [3.05, 3.63) is 71.4 Å². The Labute approximate surface area is 145 Å². The minimum atomic E-state index is 1.08. The maximum Gasteiger partial charge on any atom is 0.194 e. The van der Waals surface area contributed by atoms with E-state index in [0.29, 0.717) is 0 Å². The molecule has 3 heteroatoms. The summed E-state index contributed by atoms with van der Waals surface area (Å²) in [5.41, 5.74) is 6.26. The number of nitrogens with zero attached hydrogens (tertiary/aromatic N) is 2. The van der Waals surface area contributed by atoms with Crippen LogP contribution in [0.1, 0.15) is 23.4 Å². The molecular weight excluding hydrogens is 312 g/mol. The van der Waals surface area contributed by atoms with Crippen LogP contribution in [-0.4, -0.2) is 9.38 Å². The quantitative estimate of drug-likeness (QED) is 0.467. The van der Waals surface area contributed by atoms with E-state index in [1.165, 1.54) is 52.9 Å². The summed E-state index contributed by atoms with van der Waals surface area (Å²) in [4.78, 5) is 7.63. The molecule has 24 heavy (non-hydrogen) atoms. The van der Waals surface area contributed by atoms with E-state index in [2.05, 4.69) is 65.2 Å². The molecule has 118 valence electrons. The van der Waals surface area contributed by atoms with Gasteiger partial charge in [0.1, 0.15) is 0 Å². The van der Waals surface area contributed by atoms with Gasteiger partial charge in [0.05, 0.1) is 5.69 Å². The van der Waals surface area contributed by atoms with Gasteiger partial charge < -0.3 is 0 Å². The fourth-order valence-corrected chi connectivity index (χ4v) is 4.86. The van der Waals surface area contributed by atoms with Crippen LogP contribution in [0.25, 0.3) is 27.3 Å². The van der Waals surface area contributed by atoms with Crippen molar-refractivity contribution in [2.24, 2.45) is 0 Å². The van der Waals surface area contributed by atoms with Crippen LogP contribution in [0.4, 0.5) is 0 Å². The second kappa shape index (κ2) is 5.60. The van der Waals surface area contributed by atoms with E-state index in [0.717, 1.165) is 10.7 Å². The molecule has 4 aromatic rings. The van der Waals surface area contributed by atoms with E-state index in [1.54, 1.807) is 0 Å². The Morgan fingerprint density at radius 1 is 0.833 bits per heavy atom. The standard InChI is InChI=1S/C21H18N2S/c1-2-8-15(9-3-1)16-10-4-5-11-17(16)18-14-23-19-12-6-7-13-20(19)24-21(23)22-18/h1-5,8-11,14H,6-7,12-13H2. The molecule has 0 atom stereocenters. The van der Waals surface area contributed by atoms with E-state index in [4.69, 9.17) is 4.98 Å². The van der Waals surface area contributed by atoms with Gasteiger partial charge in [-0.1, -0.05) is 54.6 Å². The maximum absolute atomic E-state index is 4.96. The summed E-state index contributed by atoms with van der Waals surface area (Å²) in [5, 5.41) is 0. The number of aryl methyl sites for hydroxylation is 2. The Hall–Kier alpha value is -2.39. The lowest BCUT2D eigenvalue weighted by Crippen LogP contribution is -2.01. The molecular formula is C21H18N2S. The third-order valence-corrected chi connectivity index (χ3v) is 6.01. The monoisotopic (exact) mass is 330 g/mol. The lowest BCUT2D eigenvalue weighted by Gasteiger charge is -2.10. The summed E-state index contributed by atoms with van der Waals surface area (Å²) in [6.07, 6.45) is 7.26. The molecule has 0 amide bonds. The van der Waals surface area contributed by atoms with Crippen molar-refractivity contribution in [1.29, 1.82) is 0 Å². The first-order chi connectivity index (χ1) is 11.9. The summed E-state index contributed by atoms with van der Waals surface area (Å²) in [5.74, 6) is 0. The predicted molar refractivity (Wildman–Crippen MR) is 101 cm³/mol. The Kier molecular flexibility index (Phi) is 3.27. The van der Waals surface area contributed by atoms with Crippen molar-refractivity contribution in [3.8, 4) is 22.4 Å². The van der Waals surface area contributed by atoms with Gasteiger partial charge in [-0.15, -0.1) is 11.3 Å². The van der Waals surface area contributed by atoms with Crippen LogP contribution in [0, 0.1) is 0 Å². The molecule has 5 rings (SSSR count). The summed E-state index contributed by atoms with van der Waals surface area (Å²) >= 11 is 1.87. The van der Waals surface area contributed by atoms with Gasteiger partial charge in [-0.3, -0.25) is 4.40 Å². The van der Waals surface area contributed by atoms with Gasteiger partial charge in [0.25, 0.3) is 0 Å². The number of hydrogen-bond acceptors (Lipinski definition) is 2. The largest absolute Gasteiger partial charge is 0.294 e. The number of hydrogen-bond donors (Lipinski definition) is 0. The number of thiazole rings is 1. The summed E-state index contributed by atoms with van der Waals surface area (Å²) in [6.45, 7) is 0. The summed E-state index contributed by atoms with van der Waals surface area (Å²) in [6, 6.07) is 19.2. The Morgan fingerprint density at radius 2 is 1.58 bits per heavy atom. The van der Waals surface area contributed by atoms with Crippen molar-refractivity contribution >= 4 is 16.3 Å². The zero-order valence-corrected chi connectivity index (χ0v) is 14.2. The van der Waals surface area contributed by atoms with Gasteiger partial charge in [0.2, 0.25) is 0 Å². The molecule has 1 aliphatic carbocycles. The third kappa shape index (κ3) is 2.20.